The van der Waals surface area contributed by atoms with Gasteiger partial charge in [0.05, 0.1) is 21.4 Å². The van der Waals surface area contributed by atoms with Crippen LogP contribution in [0.25, 0.3) is 0 Å². The quantitative estimate of drug-likeness (QED) is 0.253. The molecule has 1 amide bonds. The summed E-state index contributed by atoms with van der Waals surface area (Å²) in [5, 5.41) is 17.6. The number of rotatable bonds is 10. The molecule has 140 valence electrons. The molecule has 0 atom stereocenters. The van der Waals surface area contributed by atoms with E-state index < -0.39 is 4.92 Å². The zero-order valence-electron chi connectivity index (χ0n) is 13.7. The maximum Gasteiger partial charge on any atom is 0.271 e. The Bertz CT molecular complexity index is 774. The van der Waals surface area contributed by atoms with Crippen molar-refractivity contribution in [3.8, 4) is 0 Å². The molecule has 1 aromatic carbocycles. The molecule has 0 unspecified atom stereocenters. The van der Waals surface area contributed by atoms with Crippen LogP contribution < -0.4 is 10.6 Å². The molecule has 0 aliphatic heterocycles. The van der Waals surface area contributed by atoms with E-state index in [9.17, 15) is 14.9 Å². The fraction of sp³-hybridized carbons (Fsp3) is 0.357. The molecule has 0 spiro atoms. The molecule has 0 saturated carbocycles. The van der Waals surface area contributed by atoms with Gasteiger partial charge in [0.15, 0.2) is 4.34 Å². The van der Waals surface area contributed by atoms with E-state index in [1.165, 1.54) is 47.2 Å². The van der Waals surface area contributed by atoms with E-state index >= 15 is 0 Å². The minimum Gasteiger partial charge on any atom is -0.384 e. The average molecular weight is 434 g/mol. The summed E-state index contributed by atoms with van der Waals surface area (Å²) in [6.45, 7) is 1.10. The van der Waals surface area contributed by atoms with Gasteiger partial charge in [-0.3, -0.25) is 14.9 Å². The van der Waals surface area contributed by atoms with Gasteiger partial charge in [-0.2, -0.15) is 4.37 Å². The predicted molar refractivity (Wildman–Crippen MR) is 107 cm³/mol. The Balaban J connectivity index is 1.62. The van der Waals surface area contributed by atoms with E-state index in [1.54, 1.807) is 6.07 Å². The highest BCUT2D eigenvalue weighted by Crippen LogP contribution is 2.26. The van der Waals surface area contributed by atoms with Gasteiger partial charge in [-0.05, 0) is 30.3 Å². The monoisotopic (exact) mass is 433 g/mol. The fourth-order valence-corrected chi connectivity index (χ4v) is 4.10. The minimum absolute atomic E-state index is 0.0506. The highest BCUT2D eigenvalue weighted by molar-refractivity contribution is 8.01. The molecule has 8 nitrogen and oxygen atoms in total. The van der Waals surface area contributed by atoms with Gasteiger partial charge in [-0.1, -0.05) is 35.1 Å². The normalized spacial score (nSPS) is 10.5. The number of nitrogens with one attached hydrogen (secondary N) is 2. The van der Waals surface area contributed by atoms with Crippen LogP contribution in [-0.2, 0) is 4.79 Å². The highest BCUT2D eigenvalue weighted by atomic mass is 35.5. The van der Waals surface area contributed by atoms with E-state index in [-0.39, 0.29) is 11.6 Å². The van der Waals surface area contributed by atoms with Crippen LogP contribution in [0.5, 0.6) is 0 Å². The first kappa shape index (κ1) is 20.7. The summed E-state index contributed by atoms with van der Waals surface area (Å²) >= 11 is 10.1. The number of carbonyl (C=O) groups is 1. The van der Waals surface area contributed by atoms with E-state index in [1.807, 2.05) is 6.26 Å². The van der Waals surface area contributed by atoms with Gasteiger partial charge in [0, 0.05) is 25.2 Å². The molecular weight excluding hydrogens is 418 g/mol. The smallest absolute Gasteiger partial charge is 0.271 e. The number of aromatic nitrogens is 2. The summed E-state index contributed by atoms with van der Waals surface area (Å²) in [6, 6.07) is 4.27. The molecule has 2 aromatic rings. The lowest BCUT2D eigenvalue weighted by atomic mass is 10.2. The first-order valence-electron chi connectivity index (χ1n) is 7.44. The van der Waals surface area contributed by atoms with Crippen LogP contribution in [0.4, 0.5) is 11.4 Å². The van der Waals surface area contributed by atoms with Crippen LogP contribution in [0, 0.1) is 10.1 Å². The summed E-state index contributed by atoms with van der Waals surface area (Å²) in [4.78, 5) is 26.2. The maximum atomic E-state index is 11.8. The second-order valence-electron chi connectivity index (χ2n) is 4.89. The summed E-state index contributed by atoms with van der Waals surface area (Å²) in [5.41, 5.74) is 0.574. The van der Waals surface area contributed by atoms with Gasteiger partial charge in [0.1, 0.15) is 0 Å². The number of benzene rings is 1. The standard InChI is InChI=1S/C14H16ClN5O3S3/c1-24-13-18-14(26-19-13)25-8-12(21)17-6-2-5-16-11-4-3-9(20(22)23)7-10(11)15/h3-4,7,16H,2,5-6,8H2,1H3,(H,17,21). The minimum atomic E-state index is -0.493. The average Bonchev–Trinajstić information content (AvgIpc) is 3.08. The molecule has 0 saturated heterocycles. The third-order valence-corrected chi connectivity index (χ3v) is 5.86. The van der Waals surface area contributed by atoms with Crippen molar-refractivity contribution < 1.29 is 9.72 Å². The van der Waals surface area contributed by atoms with Gasteiger partial charge in [-0.15, -0.1) is 0 Å². The SMILES string of the molecule is CSc1nsc(SCC(=O)NCCCNc2ccc([N+](=O)[O-])cc2Cl)n1. The number of non-ortho nitro benzene ring substituents is 1. The van der Waals surface area contributed by atoms with Crippen molar-refractivity contribution in [3.63, 3.8) is 0 Å². The Labute approximate surface area is 167 Å². The van der Waals surface area contributed by atoms with E-state index in [0.717, 1.165) is 4.34 Å². The van der Waals surface area contributed by atoms with Gasteiger partial charge in [-0.25, -0.2) is 4.98 Å². The largest absolute Gasteiger partial charge is 0.384 e. The molecule has 2 N–H and O–H groups in total. The van der Waals surface area contributed by atoms with Crippen LogP contribution >= 0.6 is 46.7 Å². The summed E-state index contributed by atoms with van der Waals surface area (Å²) in [7, 11) is 0. The Hall–Kier alpha value is -1.56. The van der Waals surface area contributed by atoms with E-state index in [0.29, 0.717) is 41.1 Å². The Morgan fingerprint density at radius 3 is 2.88 bits per heavy atom. The topological polar surface area (TPSA) is 110 Å². The molecule has 0 aliphatic carbocycles. The van der Waals surface area contributed by atoms with Crippen molar-refractivity contribution in [1.29, 1.82) is 0 Å². The Morgan fingerprint density at radius 2 is 2.23 bits per heavy atom. The number of thioether (sulfide) groups is 2. The number of hydrogen-bond donors (Lipinski definition) is 2. The van der Waals surface area contributed by atoms with Crippen LogP contribution in [0.15, 0.2) is 27.7 Å². The molecule has 1 aromatic heterocycles. The number of nitrogens with zero attached hydrogens (tertiary/aromatic N) is 3. The number of hydrogen-bond acceptors (Lipinski definition) is 9. The molecule has 12 heteroatoms. The molecule has 26 heavy (non-hydrogen) atoms. The van der Waals surface area contributed by atoms with Crippen molar-refractivity contribution in [3.05, 3.63) is 33.3 Å². The molecule has 0 bridgehead atoms. The first-order chi connectivity index (χ1) is 12.5. The molecule has 0 radical (unpaired) electrons. The number of halogens is 1. The van der Waals surface area contributed by atoms with Gasteiger partial charge < -0.3 is 10.6 Å². The highest BCUT2D eigenvalue weighted by Gasteiger charge is 2.09. The zero-order valence-corrected chi connectivity index (χ0v) is 16.9. The van der Waals surface area contributed by atoms with Gasteiger partial charge >= 0.3 is 0 Å². The lowest BCUT2D eigenvalue weighted by Gasteiger charge is -2.09. The van der Waals surface area contributed by atoms with Gasteiger partial charge in [0.2, 0.25) is 11.1 Å². The van der Waals surface area contributed by atoms with Crippen LogP contribution in [0.3, 0.4) is 0 Å². The summed E-state index contributed by atoms with van der Waals surface area (Å²) in [6.07, 6.45) is 2.60. The van der Waals surface area contributed by atoms with Crippen molar-refractivity contribution in [2.75, 3.05) is 30.4 Å². The van der Waals surface area contributed by atoms with Gasteiger partial charge in [0.25, 0.3) is 5.69 Å². The lowest BCUT2D eigenvalue weighted by molar-refractivity contribution is -0.384. The number of anilines is 1. The van der Waals surface area contributed by atoms with E-state index in [2.05, 4.69) is 20.0 Å². The number of carbonyl (C=O) groups excluding carboxylic acids is 1. The number of nitro groups is 1. The molecule has 1 heterocycles. The molecule has 0 fully saturated rings. The summed E-state index contributed by atoms with van der Waals surface area (Å²) < 4.78 is 4.91. The first-order valence-corrected chi connectivity index (χ1v) is 10.8. The zero-order chi connectivity index (χ0) is 18.9. The van der Waals surface area contributed by atoms with E-state index in [4.69, 9.17) is 11.6 Å². The number of amides is 1. The third kappa shape index (κ3) is 6.63. The Kier molecular flexibility index (Phi) is 8.42. The van der Waals surface area contributed by atoms with Crippen LogP contribution in [0.2, 0.25) is 5.02 Å². The van der Waals surface area contributed by atoms with Crippen molar-refractivity contribution in [2.24, 2.45) is 0 Å². The van der Waals surface area contributed by atoms with Crippen molar-refractivity contribution in [1.82, 2.24) is 14.7 Å². The fourth-order valence-electron chi connectivity index (χ4n) is 1.82. The third-order valence-electron chi connectivity index (χ3n) is 3.05. The summed E-state index contributed by atoms with van der Waals surface area (Å²) in [5.74, 6) is 0.231. The second kappa shape index (κ2) is 10.6. The predicted octanol–water partition coefficient (Wildman–Crippen LogP) is 3.53. The molecule has 2 rings (SSSR count). The maximum absolute atomic E-state index is 11.8. The van der Waals surface area contributed by atoms with Crippen molar-refractivity contribution in [2.45, 2.75) is 15.9 Å². The molecule has 0 aliphatic rings. The van der Waals surface area contributed by atoms with Crippen LogP contribution in [0.1, 0.15) is 6.42 Å². The molecular formula is C14H16ClN5O3S3. The second-order valence-corrected chi connectivity index (χ2v) is 8.04. The van der Waals surface area contributed by atoms with Crippen LogP contribution in [-0.4, -0.2) is 45.3 Å². The van der Waals surface area contributed by atoms with Crippen molar-refractivity contribution >= 4 is 63.9 Å². The Morgan fingerprint density at radius 1 is 1.42 bits per heavy atom. The lowest BCUT2D eigenvalue weighted by Crippen LogP contribution is -2.27. The number of nitro benzene ring substituents is 1.